The molecule has 3 rings (SSSR count). The van der Waals surface area contributed by atoms with Gasteiger partial charge in [-0.2, -0.15) is 5.10 Å². The van der Waals surface area contributed by atoms with Crippen LogP contribution in [-0.4, -0.2) is 21.1 Å². The van der Waals surface area contributed by atoms with E-state index in [-0.39, 0.29) is 0 Å². The molecular weight excluding hydrogens is 280 g/mol. The molecule has 0 aliphatic carbocycles. The summed E-state index contributed by atoms with van der Waals surface area (Å²) in [5.74, 6) is 0. The molecule has 0 bridgehead atoms. The number of fused-ring (bicyclic) bond motifs is 1. The van der Waals surface area contributed by atoms with Gasteiger partial charge in [-0.15, -0.1) is 11.3 Å². The molecule has 0 saturated carbocycles. The number of thiophene rings is 1. The van der Waals surface area contributed by atoms with Gasteiger partial charge in [0.25, 0.3) is 0 Å². The van der Waals surface area contributed by atoms with Gasteiger partial charge < -0.3 is 5.32 Å². The number of hydrogen-bond acceptors (Lipinski definition) is 4. The number of nitrogens with zero attached hydrogens (tertiary/aromatic N) is 3. The molecule has 0 fully saturated rings. The molecule has 4 nitrogen and oxygen atoms in total. The summed E-state index contributed by atoms with van der Waals surface area (Å²) in [5, 5.41) is 10.2. The lowest BCUT2D eigenvalue weighted by atomic mass is 10.0. The average Bonchev–Trinajstić information content (AvgIpc) is 3.17. The van der Waals surface area contributed by atoms with Gasteiger partial charge in [0, 0.05) is 28.9 Å². The quantitative estimate of drug-likeness (QED) is 0.726. The predicted octanol–water partition coefficient (Wildman–Crippen LogP) is 3.46. The van der Waals surface area contributed by atoms with Crippen LogP contribution in [0.4, 0.5) is 0 Å². The van der Waals surface area contributed by atoms with E-state index in [1.165, 1.54) is 10.4 Å². The Morgan fingerprint density at radius 2 is 2.33 bits per heavy atom. The lowest BCUT2D eigenvalue weighted by Gasteiger charge is -2.17. The highest BCUT2D eigenvalue weighted by Gasteiger charge is 2.16. The lowest BCUT2D eigenvalue weighted by molar-refractivity contribution is 0.503. The molecule has 1 unspecified atom stereocenters. The zero-order valence-corrected chi connectivity index (χ0v) is 13.0. The first kappa shape index (κ1) is 14.2. The molecule has 3 aromatic heterocycles. The summed E-state index contributed by atoms with van der Waals surface area (Å²) in [4.78, 5) is 5.67. The van der Waals surface area contributed by atoms with Crippen molar-refractivity contribution in [3.63, 3.8) is 0 Å². The second-order valence-electron chi connectivity index (χ2n) is 5.13. The first-order chi connectivity index (χ1) is 10.4. The van der Waals surface area contributed by atoms with Gasteiger partial charge in [-0.05, 0) is 37.3 Å². The van der Waals surface area contributed by atoms with Crippen LogP contribution in [-0.2, 0) is 6.42 Å². The molecule has 3 aromatic rings. The van der Waals surface area contributed by atoms with Crippen LogP contribution in [0.1, 0.15) is 36.2 Å². The second-order valence-corrected chi connectivity index (χ2v) is 6.16. The van der Waals surface area contributed by atoms with E-state index < -0.39 is 0 Å². The van der Waals surface area contributed by atoms with Crippen LogP contribution in [0.2, 0.25) is 0 Å². The van der Waals surface area contributed by atoms with Crippen molar-refractivity contribution in [2.75, 3.05) is 6.54 Å². The largest absolute Gasteiger partial charge is 0.310 e. The predicted molar refractivity (Wildman–Crippen MR) is 86.7 cm³/mol. The second kappa shape index (κ2) is 6.83. The fraction of sp³-hybridized carbons (Fsp3) is 0.375. The molecule has 1 N–H and O–H groups in total. The van der Waals surface area contributed by atoms with Crippen LogP contribution >= 0.6 is 11.3 Å². The van der Waals surface area contributed by atoms with E-state index in [1.54, 1.807) is 6.20 Å². The third-order valence-electron chi connectivity index (χ3n) is 3.63. The fourth-order valence-electron chi connectivity index (χ4n) is 2.55. The van der Waals surface area contributed by atoms with Gasteiger partial charge in [0.1, 0.15) is 0 Å². The highest BCUT2D eigenvalue weighted by atomic mass is 32.1. The van der Waals surface area contributed by atoms with E-state index >= 15 is 0 Å². The molecular formula is C16H20N4S. The van der Waals surface area contributed by atoms with Crippen molar-refractivity contribution in [2.45, 2.75) is 32.2 Å². The highest BCUT2D eigenvalue weighted by molar-refractivity contribution is 7.09. The van der Waals surface area contributed by atoms with Gasteiger partial charge in [-0.25, -0.2) is 4.52 Å². The molecule has 0 aliphatic rings. The normalized spacial score (nSPS) is 12.8. The lowest BCUT2D eigenvalue weighted by Crippen LogP contribution is -2.22. The Balaban J connectivity index is 1.80. The Labute approximate surface area is 128 Å². The maximum atomic E-state index is 4.43. The summed E-state index contributed by atoms with van der Waals surface area (Å²) in [6.07, 6.45) is 10.8. The summed E-state index contributed by atoms with van der Waals surface area (Å²) in [6.45, 7) is 3.22. The maximum absolute atomic E-state index is 4.43. The van der Waals surface area contributed by atoms with Crippen molar-refractivity contribution >= 4 is 16.9 Å². The van der Waals surface area contributed by atoms with Gasteiger partial charge in [0.15, 0.2) is 0 Å². The van der Waals surface area contributed by atoms with Crippen molar-refractivity contribution in [2.24, 2.45) is 0 Å². The van der Waals surface area contributed by atoms with Gasteiger partial charge in [0.05, 0.1) is 17.9 Å². The van der Waals surface area contributed by atoms with E-state index in [0.717, 1.165) is 31.3 Å². The Kier molecular flexibility index (Phi) is 4.62. The van der Waals surface area contributed by atoms with Crippen molar-refractivity contribution in [1.82, 2.24) is 19.9 Å². The van der Waals surface area contributed by atoms with Gasteiger partial charge in [-0.3, -0.25) is 4.98 Å². The minimum atomic E-state index is 0.328. The number of nitrogens with one attached hydrogen (secondary N) is 1. The molecule has 0 radical (unpaired) electrons. The Morgan fingerprint density at radius 1 is 1.38 bits per heavy atom. The summed E-state index contributed by atoms with van der Waals surface area (Å²) >= 11 is 1.83. The third-order valence-corrected chi connectivity index (χ3v) is 4.57. The summed E-state index contributed by atoms with van der Waals surface area (Å²) in [5.41, 5.74) is 2.34. The highest BCUT2D eigenvalue weighted by Crippen LogP contribution is 2.24. The van der Waals surface area contributed by atoms with Crippen molar-refractivity contribution in [1.29, 1.82) is 0 Å². The van der Waals surface area contributed by atoms with Crippen LogP contribution < -0.4 is 5.32 Å². The topological polar surface area (TPSA) is 42.2 Å². The van der Waals surface area contributed by atoms with Gasteiger partial charge >= 0.3 is 0 Å². The van der Waals surface area contributed by atoms with Crippen LogP contribution in [0.3, 0.4) is 0 Å². The van der Waals surface area contributed by atoms with E-state index in [2.05, 4.69) is 39.8 Å². The molecule has 1 atom stereocenters. The van der Waals surface area contributed by atoms with Gasteiger partial charge in [-0.1, -0.05) is 13.0 Å². The molecule has 3 heterocycles. The summed E-state index contributed by atoms with van der Waals surface area (Å²) < 4.78 is 1.90. The van der Waals surface area contributed by atoms with Gasteiger partial charge in [0.2, 0.25) is 0 Å². The fourth-order valence-corrected chi connectivity index (χ4v) is 3.27. The standard InChI is InChI=1S/C16H20N4S/c1-2-7-18-15(6-5-13-4-3-10-21-13)14-11-19-20-9-8-17-12-16(14)20/h3-4,8-12,15,18H,2,5-7H2,1H3. The Hall–Kier alpha value is -1.72. The molecule has 0 amide bonds. The number of hydrogen-bond donors (Lipinski definition) is 1. The van der Waals surface area contributed by atoms with E-state index in [0.29, 0.717) is 6.04 Å². The first-order valence-corrected chi connectivity index (χ1v) is 8.29. The zero-order chi connectivity index (χ0) is 14.5. The Bertz CT molecular complexity index is 674. The van der Waals surface area contributed by atoms with Crippen LogP contribution in [0.25, 0.3) is 5.52 Å². The van der Waals surface area contributed by atoms with Crippen molar-refractivity contribution in [3.05, 3.63) is 52.7 Å². The summed E-state index contributed by atoms with van der Waals surface area (Å²) in [6, 6.07) is 4.65. The third kappa shape index (κ3) is 3.31. The first-order valence-electron chi connectivity index (χ1n) is 7.41. The monoisotopic (exact) mass is 300 g/mol. The molecule has 0 spiro atoms. The number of rotatable bonds is 7. The molecule has 0 saturated heterocycles. The number of aromatic nitrogens is 3. The molecule has 5 heteroatoms. The Morgan fingerprint density at radius 3 is 3.14 bits per heavy atom. The van der Waals surface area contributed by atoms with Crippen molar-refractivity contribution in [3.8, 4) is 0 Å². The number of aryl methyl sites for hydroxylation is 1. The van der Waals surface area contributed by atoms with Crippen LogP contribution in [0, 0.1) is 0 Å². The smallest absolute Gasteiger partial charge is 0.0892 e. The zero-order valence-electron chi connectivity index (χ0n) is 12.2. The van der Waals surface area contributed by atoms with Crippen LogP contribution in [0.5, 0.6) is 0 Å². The minimum Gasteiger partial charge on any atom is -0.310 e. The maximum Gasteiger partial charge on any atom is 0.0892 e. The molecule has 0 aliphatic heterocycles. The van der Waals surface area contributed by atoms with Crippen molar-refractivity contribution < 1.29 is 0 Å². The molecule has 21 heavy (non-hydrogen) atoms. The SMILES string of the molecule is CCCNC(CCc1cccs1)c1cnn2ccncc12. The van der Waals surface area contributed by atoms with E-state index in [9.17, 15) is 0 Å². The molecule has 110 valence electrons. The van der Waals surface area contributed by atoms with Crippen LogP contribution in [0.15, 0.2) is 42.3 Å². The molecule has 0 aromatic carbocycles. The minimum absolute atomic E-state index is 0.328. The van der Waals surface area contributed by atoms with E-state index in [1.807, 2.05) is 34.4 Å². The average molecular weight is 300 g/mol. The summed E-state index contributed by atoms with van der Waals surface area (Å²) in [7, 11) is 0. The van der Waals surface area contributed by atoms with E-state index in [4.69, 9.17) is 0 Å².